The van der Waals surface area contributed by atoms with Gasteiger partial charge in [0.2, 0.25) is 0 Å². The molecule has 0 fully saturated rings. The van der Waals surface area contributed by atoms with Gasteiger partial charge in [-0.2, -0.15) is 5.26 Å². The fraction of sp³-hybridized carbons (Fsp3) is 0.417. The summed E-state index contributed by atoms with van der Waals surface area (Å²) >= 11 is 3.33. The Hall–Kier alpha value is -1.01. The molecule has 0 amide bonds. The van der Waals surface area contributed by atoms with Crippen molar-refractivity contribution in [2.75, 3.05) is 0 Å². The Labute approximate surface area is 99.0 Å². The smallest absolute Gasteiger partial charge is 0.137 e. The van der Waals surface area contributed by atoms with Crippen molar-refractivity contribution in [3.05, 3.63) is 28.2 Å². The van der Waals surface area contributed by atoms with E-state index in [1.807, 2.05) is 26.0 Å². The summed E-state index contributed by atoms with van der Waals surface area (Å²) in [5.74, 6) is 0.646. The summed E-state index contributed by atoms with van der Waals surface area (Å²) in [6.07, 6.45) is 0.897. The minimum Gasteiger partial charge on any atom is -0.486 e. The highest BCUT2D eigenvalue weighted by atomic mass is 79.9. The quantitative estimate of drug-likeness (QED) is 0.833. The van der Waals surface area contributed by atoms with Gasteiger partial charge in [-0.05, 0) is 38.5 Å². The monoisotopic (exact) mass is 267 g/mol. The molecule has 0 unspecified atom stereocenters. The van der Waals surface area contributed by atoms with Crippen LogP contribution in [0, 0.1) is 11.3 Å². The summed E-state index contributed by atoms with van der Waals surface area (Å²) in [5.41, 5.74) is 0.324. The standard InChI is InChI=1S/C12H14BrNO/c1-4-12(2,3)15-11-6-5-10(13)7-9(11)8-14/h5-7H,4H2,1-3H3. The minimum absolute atomic E-state index is 0.237. The van der Waals surface area contributed by atoms with Gasteiger partial charge < -0.3 is 4.74 Å². The van der Waals surface area contributed by atoms with Gasteiger partial charge in [0.05, 0.1) is 5.56 Å². The fourth-order valence-corrected chi connectivity index (χ4v) is 1.41. The molecule has 80 valence electrons. The molecule has 15 heavy (non-hydrogen) atoms. The van der Waals surface area contributed by atoms with E-state index in [2.05, 4.69) is 28.9 Å². The van der Waals surface area contributed by atoms with Crippen LogP contribution in [0.4, 0.5) is 0 Å². The van der Waals surface area contributed by atoms with Gasteiger partial charge in [0, 0.05) is 4.47 Å². The molecule has 0 spiro atoms. The molecular weight excluding hydrogens is 254 g/mol. The summed E-state index contributed by atoms with van der Waals surface area (Å²) < 4.78 is 6.67. The van der Waals surface area contributed by atoms with E-state index in [4.69, 9.17) is 10.00 Å². The zero-order chi connectivity index (χ0) is 11.5. The Morgan fingerprint density at radius 2 is 2.13 bits per heavy atom. The first-order chi connectivity index (χ1) is 6.98. The summed E-state index contributed by atoms with van der Waals surface area (Å²) in [4.78, 5) is 0. The number of nitrogens with zero attached hydrogens (tertiary/aromatic N) is 1. The van der Waals surface area contributed by atoms with E-state index in [1.54, 1.807) is 6.07 Å². The molecule has 0 aliphatic heterocycles. The molecule has 3 heteroatoms. The Bertz CT molecular complexity index is 393. The second-order valence-corrected chi connectivity index (χ2v) is 4.88. The lowest BCUT2D eigenvalue weighted by molar-refractivity contribution is 0.105. The van der Waals surface area contributed by atoms with Crippen LogP contribution in [0.2, 0.25) is 0 Å². The van der Waals surface area contributed by atoms with Gasteiger partial charge in [0.15, 0.2) is 0 Å². The van der Waals surface area contributed by atoms with E-state index in [1.165, 1.54) is 0 Å². The van der Waals surface area contributed by atoms with Crippen molar-refractivity contribution in [1.82, 2.24) is 0 Å². The molecule has 2 nitrogen and oxygen atoms in total. The van der Waals surface area contributed by atoms with Crippen LogP contribution in [0.5, 0.6) is 5.75 Å². The van der Waals surface area contributed by atoms with Gasteiger partial charge in [0.1, 0.15) is 17.4 Å². The van der Waals surface area contributed by atoms with Crippen molar-refractivity contribution in [3.8, 4) is 11.8 Å². The van der Waals surface area contributed by atoms with E-state index in [9.17, 15) is 0 Å². The second-order valence-electron chi connectivity index (χ2n) is 3.97. The lowest BCUT2D eigenvalue weighted by Crippen LogP contribution is -2.27. The second kappa shape index (κ2) is 4.67. The maximum absolute atomic E-state index is 8.96. The number of rotatable bonds is 3. The van der Waals surface area contributed by atoms with Gasteiger partial charge in [0.25, 0.3) is 0 Å². The molecule has 0 N–H and O–H groups in total. The van der Waals surface area contributed by atoms with E-state index < -0.39 is 0 Å². The molecule has 1 aromatic rings. The SMILES string of the molecule is CCC(C)(C)Oc1ccc(Br)cc1C#N. The van der Waals surface area contributed by atoms with Crippen LogP contribution in [-0.2, 0) is 0 Å². The van der Waals surface area contributed by atoms with E-state index in [0.717, 1.165) is 10.9 Å². The normalized spacial score (nSPS) is 10.9. The summed E-state index contributed by atoms with van der Waals surface area (Å²) in [6.45, 7) is 6.08. The molecule has 1 rings (SSSR count). The molecule has 0 radical (unpaired) electrons. The first-order valence-electron chi connectivity index (χ1n) is 4.87. The van der Waals surface area contributed by atoms with Crippen molar-refractivity contribution >= 4 is 15.9 Å². The van der Waals surface area contributed by atoms with Crippen LogP contribution in [0.3, 0.4) is 0 Å². The van der Waals surface area contributed by atoms with Crippen LogP contribution in [0.1, 0.15) is 32.8 Å². The maximum atomic E-state index is 8.96. The molecule has 0 saturated heterocycles. The van der Waals surface area contributed by atoms with Crippen molar-refractivity contribution < 1.29 is 4.74 Å². The van der Waals surface area contributed by atoms with Crippen LogP contribution < -0.4 is 4.74 Å². The summed E-state index contributed by atoms with van der Waals surface area (Å²) in [6, 6.07) is 7.59. The van der Waals surface area contributed by atoms with Crippen molar-refractivity contribution in [3.63, 3.8) is 0 Å². The molecule has 0 heterocycles. The van der Waals surface area contributed by atoms with Crippen LogP contribution in [0.15, 0.2) is 22.7 Å². The van der Waals surface area contributed by atoms with Crippen molar-refractivity contribution in [2.45, 2.75) is 32.8 Å². The van der Waals surface area contributed by atoms with Gasteiger partial charge in [-0.1, -0.05) is 22.9 Å². The highest BCUT2D eigenvalue weighted by Crippen LogP contribution is 2.27. The largest absolute Gasteiger partial charge is 0.486 e. The highest BCUT2D eigenvalue weighted by Gasteiger charge is 2.18. The van der Waals surface area contributed by atoms with Crippen LogP contribution in [0.25, 0.3) is 0 Å². The highest BCUT2D eigenvalue weighted by molar-refractivity contribution is 9.10. The van der Waals surface area contributed by atoms with Gasteiger partial charge >= 0.3 is 0 Å². The average molecular weight is 268 g/mol. The summed E-state index contributed by atoms with van der Waals surface area (Å²) in [7, 11) is 0. The minimum atomic E-state index is -0.237. The number of halogens is 1. The molecule has 0 aliphatic rings. The number of benzene rings is 1. The number of hydrogen-bond acceptors (Lipinski definition) is 2. The maximum Gasteiger partial charge on any atom is 0.137 e. The van der Waals surface area contributed by atoms with E-state index in [-0.39, 0.29) is 5.60 Å². The Kier molecular flexibility index (Phi) is 3.76. The van der Waals surface area contributed by atoms with Crippen molar-refractivity contribution in [2.24, 2.45) is 0 Å². The molecule has 0 aliphatic carbocycles. The topological polar surface area (TPSA) is 33.0 Å². The molecule has 0 atom stereocenters. The first-order valence-corrected chi connectivity index (χ1v) is 5.66. The van der Waals surface area contributed by atoms with Gasteiger partial charge in [-0.25, -0.2) is 0 Å². The van der Waals surface area contributed by atoms with Gasteiger partial charge in [-0.15, -0.1) is 0 Å². The Morgan fingerprint density at radius 1 is 1.47 bits per heavy atom. The lowest BCUT2D eigenvalue weighted by atomic mass is 10.1. The van der Waals surface area contributed by atoms with Gasteiger partial charge in [-0.3, -0.25) is 0 Å². The lowest BCUT2D eigenvalue weighted by Gasteiger charge is -2.25. The third-order valence-corrected chi connectivity index (χ3v) is 2.79. The zero-order valence-electron chi connectivity index (χ0n) is 9.17. The van der Waals surface area contributed by atoms with E-state index >= 15 is 0 Å². The third-order valence-electron chi connectivity index (χ3n) is 2.30. The Balaban J connectivity index is 3.01. The number of hydrogen-bond donors (Lipinski definition) is 0. The number of ether oxygens (including phenoxy) is 1. The Morgan fingerprint density at radius 3 is 2.67 bits per heavy atom. The van der Waals surface area contributed by atoms with E-state index in [0.29, 0.717) is 11.3 Å². The third kappa shape index (κ3) is 3.24. The molecule has 0 aromatic heterocycles. The van der Waals surface area contributed by atoms with Crippen molar-refractivity contribution in [1.29, 1.82) is 5.26 Å². The predicted molar refractivity (Wildman–Crippen MR) is 63.9 cm³/mol. The predicted octanol–water partition coefficient (Wildman–Crippen LogP) is 3.89. The number of nitriles is 1. The average Bonchev–Trinajstić information content (AvgIpc) is 2.20. The fourth-order valence-electron chi connectivity index (χ4n) is 1.05. The van der Waals surface area contributed by atoms with Crippen LogP contribution in [-0.4, -0.2) is 5.60 Å². The first kappa shape index (κ1) is 12.1. The molecule has 0 saturated carbocycles. The zero-order valence-corrected chi connectivity index (χ0v) is 10.8. The molecule has 0 bridgehead atoms. The summed E-state index contributed by atoms with van der Waals surface area (Å²) in [5, 5.41) is 8.96. The van der Waals surface area contributed by atoms with Crippen LogP contribution >= 0.6 is 15.9 Å². The molecular formula is C12H14BrNO. The molecule has 1 aromatic carbocycles.